The molecular formula is C21H25NO4. The molecule has 0 spiro atoms. The van der Waals surface area contributed by atoms with Crippen LogP contribution in [0.2, 0.25) is 0 Å². The SMILES string of the molecule is CC(Cc1ccccc1)C(=O)OCCOC(=O)C(N)Cc1ccccc1. The van der Waals surface area contributed by atoms with Crippen LogP contribution in [0, 0.1) is 5.92 Å². The first-order valence-corrected chi connectivity index (χ1v) is 8.73. The number of rotatable bonds is 9. The monoisotopic (exact) mass is 355 g/mol. The highest BCUT2D eigenvalue weighted by atomic mass is 16.6. The van der Waals surface area contributed by atoms with Crippen molar-refractivity contribution in [1.82, 2.24) is 0 Å². The number of carbonyl (C=O) groups excluding carboxylic acids is 2. The van der Waals surface area contributed by atoms with Gasteiger partial charge in [-0.25, -0.2) is 0 Å². The van der Waals surface area contributed by atoms with E-state index in [1.165, 1.54) is 0 Å². The zero-order valence-corrected chi connectivity index (χ0v) is 15.0. The second-order valence-electron chi connectivity index (χ2n) is 6.22. The number of carbonyl (C=O) groups is 2. The molecule has 0 saturated carbocycles. The number of hydrogen-bond donors (Lipinski definition) is 1. The van der Waals surface area contributed by atoms with Gasteiger partial charge in [-0.15, -0.1) is 0 Å². The molecule has 0 heterocycles. The lowest BCUT2D eigenvalue weighted by Crippen LogP contribution is -2.35. The molecule has 26 heavy (non-hydrogen) atoms. The van der Waals surface area contributed by atoms with Crippen molar-refractivity contribution in [3.8, 4) is 0 Å². The molecule has 2 rings (SSSR count). The van der Waals surface area contributed by atoms with E-state index in [0.29, 0.717) is 12.8 Å². The molecule has 5 heteroatoms. The summed E-state index contributed by atoms with van der Waals surface area (Å²) in [5.41, 5.74) is 7.89. The third-order valence-corrected chi connectivity index (χ3v) is 3.96. The van der Waals surface area contributed by atoms with E-state index in [9.17, 15) is 9.59 Å². The molecule has 138 valence electrons. The number of nitrogens with two attached hydrogens (primary N) is 1. The van der Waals surface area contributed by atoms with Gasteiger partial charge in [-0.3, -0.25) is 9.59 Å². The fraction of sp³-hybridized carbons (Fsp3) is 0.333. The second kappa shape index (κ2) is 10.4. The molecule has 0 aliphatic rings. The van der Waals surface area contributed by atoms with Gasteiger partial charge in [0.15, 0.2) is 0 Å². The Hall–Kier alpha value is -2.66. The molecule has 0 fully saturated rings. The van der Waals surface area contributed by atoms with Crippen molar-refractivity contribution in [1.29, 1.82) is 0 Å². The Bertz CT molecular complexity index is 626. The predicted octanol–water partition coefficient (Wildman–Crippen LogP) is 2.52. The summed E-state index contributed by atoms with van der Waals surface area (Å²) in [7, 11) is 0. The van der Waals surface area contributed by atoms with E-state index in [4.69, 9.17) is 15.2 Å². The van der Waals surface area contributed by atoms with Crippen LogP contribution in [0.3, 0.4) is 0 Å². The van der Waals surface area contributed by atoms with Crippen molar-refractivity contribution in [3.63, 3.8) is 0 Å². The van der Waals surface area contributed by atoms with Crippen molar-refractivity contribution in [3.05, 3.63) is 71.8 Å². The molecular weight excluding hydrogens is 330 g/mol. The van der Waals surface area contributed by atoms with Gasteiger partial charge >= 0.3 is 11.9 Å². The highest BCUT2D eigenvalue weighted by Crippen LogP contribution is 2.09. The first-order valence-electron chi connectivity index (χ1n) is 8.73. The Morgan fingerprint density at radius 1 is 0.808 bits per heavy atom. The minimum absolute atomic E-state index is 0.00508. The van der Waals surface area contributed by atoms with Crippen molar-refractivity contribution in [2.24, 2.45) is 11.7 Å². The fourth-order valence-corrected chi connectivity index (χ4v) is 2.54. The highest BCUT2D eigenvalue weighted by molar-refractivity contribution is 5.76. The highest BCUT2D eigenvalue weighted by Gasteiger charge is 2.17. The smallest absolute Gasteiger partial charge is 0.323 e. The van der Waals surface area contributed by atoms with Gasteiger partial charge < -0.3 is 15.2 Å². The molecule has 2 aromatic carbocycles. The van der Waals surface area contributed by atoms with Crippen LogP contribution >= 0.6 is 0 Å². The van der Waals surface area contributed by atoms with E-state index < -0.39 is 12.0 Å². The van der Waals surface area contributed by atoms with Crippen LogP contribution in [0.25, 0.3) is 0 Å². The van der Waals surface area contributed by atoms with E-state index >= 15 is 0 Å². The minimum atomic E-state index is -0.731. The van der Waals surface area contributed by atoms with Gasteiger partial charge in [0.1, 0.15) is 19.3 Å². The lowest BCUT2D eigenvalue weighted by atomic mass is 10.0. The van der Waals surface area contributed by atoms with Crippen LogP contribution in [0.4, 0.5) is 0 Å². The van der Waals surface area contributed by atoms with Gasteiger partial charge in [0, 0.05) is 0 Å². The van der Waals surface area contributed by atoms with Crippen LogP contribution in [0.15, 0.2) is 60.7 Å². The van der Waals surface area contributed by atoms with Crippen LogP contribution in [-0.2, 0) is 31.9 Å². The Labute approximate surface area is 154 Å². The third-order valence-electron chi connectivity index (χ3n) is 3.96. The maximum atomic E-state index is 12.0. The fourth-order valence-electron chi connectivity index (χ4n) is 2.54. The summed E-state index contributed by atoms with van der Waals surface area (Å²) < 4.78 is 10.3. The summed E-state index contributed by atoms with van der Waals surface area (Å²) in [5.74, 6) is -1.06. The Balaban J connectivity index is 1.64. The number of hydrogen-bond acceptors (Lipinski definition) is 5. The summed E-state index contributed by atoms with van der Waals surface area (Å²) in [6.45, 7) is 1.85. The molecule has 0 saturated heterocycles. The average Bonchev–Trinajstić information content (AvgIpc) is 2.66. The summed E-state index contributed by atoms with van der Waals surface area (Å²) in [4.78, 5) is 23.9. The van der Waals surface area contributed by atoms with E-state index in [-0.39, 0.29) is 25.1 Å². The van der Waals surface area contributed by atoms with Gasteiger partial charge in [-0.05, 0) is 24.0 Å². The standard InChI is InChI=1S/C21H25NO4/c1-16(14-17-8-4-2-5-9-17)20(23)25-12-13-26-21(24)19(22)15-18-10-6-3-7-11-18/h2-11,16,19H,12-15,22H2,1H3. The molecule has 0 aromatic heterocycles. The minimum Gasteiger partial charge on any atom is -0.462 e. The number of esters is 2. The molecule has 2 atom stereocenters. The van der Waals surface area contributed by atoms with E-state index in [2.05, 4.69) is 0 Å². The summed E-state index contributed by atoms with van der Waals surface area (Å²) in [5, 5.41) is 0. The maximum Gasteiger partial charge on any atom is 0.323 e. The zero-order chi connectivity index (χ0) is 18.8. The van der Waals surface area contributed by atoms with Crippen molar-refractivity contribution in [2.45, 2.75) is 25.8 Å². The van der Waals surface area contributed by atoms with Gasteiger partial charge in [0.2, 0.25) is 0 Å². The van der Waals surface area contributed by atoms with Crippen molar-refractivity contribution < 1.29 is 19.1 Å². The zero-order valence-electron chi connectivity index (χ0n) is 15.0. The number of ether oxygens (including phenoxy) is 2. The normalized spacial score (nSPS) is 12.8. The van der Waals surface area contributed by atoms with E-state index in [0.717, 1.165) is 11.1 Å². The van der Waals surface area contributed by atoms with E-state index in [1.54, 1.807) is 0 Å². The van der Waals surface area contributed by atoms with E-state index in [1.807, 2.05) is 67.6 Å². The Morgan fingerprint density at radius 3 is 1.81 bits per heavy atom. The first kappa shape index (κ1) is 19.7. The predicted molar refractivity (Wildman–Crippen MR) is 99.3 cm³/mol. The lowest BCUT2D eigenvalue weighted by molar-refractivity contribution is -0.155. The summed E-state index contributed by atoms with van der Waals surface area (Å²) in [6.07, 6.45) is 1.02. The second-order valence-corrected chi connectivity index (χ2v) is 6.22. The summed E-state index contributed by atoms with van der Waals surface area (Å²) in [6, 6.07) is 18.5. The molecule has 2 aromatic rings. The van der Waals surface area contributed by atoms with Gasteiger partial charge in [0.25, 0.3) is 0 Å². The van der Waals surface area contributed by atoms with Crippen LogP contribution < -0.4 is 5.73 Å². The van der Waals surface area contributed by atoms with Crippen LogP contribution in [0.1, 0.15) is 18.1 Å². The Morgan fingerprint density at radius 2 is 1.27 bits per heavy atom. The lowest BCUT2D eigenvalue weighted by Gasteiger charge is -2.13. The topological polar surface area (TPSA) is 78.6 Å². The summed E-state index contributed by atoms with van der Waals surface area (Å²) >= 11 is 0. The third kappa shape index (κ3) is 6.69. The molecule has 2 unspecified atom stereocenters. The molecule has 0 aliphatic carbocycles. The molecule has 0 aliphatic heterocycles. The van der Waals surface area contributed by atoms with Crippen LogP contribution in [-0.4, -0.2) is 31.2 Å². The van der Waals surface area contributed by atoms with Crippen LogP contribution in [0.5, 0.6) is 0 Å². The molecule has 0 radical (unpaired) electrons. The largest absolute Gasteiger partial charge is 0.462 e. The van der Waals surface area contributed by atoms with Gasteiger partial charge in [0.05, 0.1) is 5.92 Å². The maximum absolute atomic E-state index is 12.0. The van der Waals surface area contributed by atoms with Crippen molar-refractivity contribution >= 4 is 11.9 Å². The molecule has 0 bridgehead atoms. The molecule has 0 amide bonds. The van der Waals surface area contributed by atoms with Crippen molar-refractivity contribution in [2.75, 3.05) is 13.2 Å². The first-order chi connectivity index (χ1) is 12.6. The molecule has 2 N–H and O–H groups in total. The van der Waals surface area contributed by atoms with Gasteiger partial charge in [-0.2, -0.15) is 0 Å². The molecule has 5 nitrogen and oxygen atoms in total. The van der Waals surface area contributed by atoms with Gasteiger partial charge in [-0.1, -0.05) is 67.6 Å². The quantitative estimate of drug-likeness (QED) is 0.552. The average molecular weight is 355 g/mol. The Kier molecular flexibility index (Phi) is 7.83. The number of benzene rings is 2.